The smallest absolute Gasteiger partial charge is 0.0735 e. The van der Waals surface area contributed by atoms with E-state index in [-0.39, 0.29) is 0 Å². The molecule has 1 nitrogen and oxygen atoms in total. The van der Waals surface area contributed by atoms with Crippen LogP contribution in [0.4, 0.5) is 0 Å². The Morgan fingerprint density at radius 1 is 0.857 bits per heavy atom. The quantitative estimate of drug-likeness (QED) is 0.568. The number of nitrogens with zero attached hydrogens (tertiary/aromatic N) is 1. The lowest BCUT2D eigenvalue weighted by molar-refractivity contribution is 1.27. The van der Waals surface area contributed by atoms with Crippen LogP contribution in [0.25, 0.3) is 22.5 Å². The van der Waals surface area contributed by atoms with E-state index in [4.69, 9.17) is 16.6 Å². The highest BCUT2D eigenvalue weighted by molar-refractivity contribution is 7.98. The molecule has 104 valence electrons. The zero-order chi connectivity index (χ0) is 14.7. The third-order valence-electron chi connectivity index (χ3n) is 3.25. The number of thioether (sulfide) groups is 1. The predicted molar refractivity (Wildman–Crippen MR) is 91.9 cm³/mol. The lowest BCUT2D eigenvalue weighted by Crippen LogP contribution is -1.90. The highest BCUT2D eigenvalue weighted by Gasteiger charge is 2.09. The lowest BCUT2D eigenvalue weighted by Gasteiger charge is -2.09. The molecule has 1 aromatic heterocycles. The van der Waals surface area contributed by atoms with E-state index in [0.29, 0.717) is 0 Å². The van der Waals surface area contributed by atoms with Crippen molar-refractivity contribution < 1.29 is 0 Å². The monoisotopic (exact) mass is 311 g/mol. The van der Waals surface area contributed by atoms with Gasteiger partial charge >= 0.3 is 0 Å². The van der Waals surface area contributed by atoms with Crippen LogP contribution in [-0.4, -0.2) is 11.2 Å². The summed E-state index contributed by atoms with van der Waals surface area (Å²) in [4.78, 5) is 5.96. The molecular formula is C18H14ClNS. The van der Waals surface area contributed by atoms with Crippen LogP contribution in [0.1, 0.15) is 0 Å². The van der Waals surface area contributed by atoms with E-state index >= 15 is 0 Å². The minimum Gasteiger partial charge on any atom is -0.248 e. The first kappa shape index (κ1) is 14.2. The second kappa shape index (κ2) is 6.33. The SMILES string of the molecule is CSc1cc(-c2ccccc2)nc(-c2ccccc2Cl)c1. The van der Waals surface area contributed by atoms with Crippen molar-refractivity contribution in [2.24, 2.45) is 0 Å². The molecule has 3 heteroatoms. The molecule has 1 heterocycles. The fourth-order valence-electron chi connectivity index (χ4n) is 2.19. The number of aromatic nitrogens is 1. The fourth-order valence-corrected chi connectivity index (χ4v) is 2.88. The molecule has 0 saturated heterocycles. The van der Waals surface area contributed by atoms with Gasteiger partial charge in [-0.2, -0.15) is 0 Å². The molecule has 0 unspecified atom stereocenters. The van der Waals surface area contributed by atoms with Gasteiger partial charge in [-0.1, -0.05) is 60.1 Å². The van der Waals surface area contributed by atoms with Crippen LogP contribution in [0.3, 0.4) is 0 Å². The molecule has 0 N–H and O–H groups in total. The summed E-state index contributed by atoms with van der Waals surface area (Å²) >= 11 is 8.02. The molecular weight excluding hydrogens is 298 g/mol. The third kappa shape index (κ3) is 3.12. The zero-order valence-electron chi connectivity index (χ0n) is 11.6. The van der Waals surface area contributed by atoms with Gasteiger partial charge in [0.05, 0.1) is 11.4 Å². The average Bonchev–Trinajstić information content (AvgIpc) is 2.55. The first-order chi connectivity index (χ1) is 10.3. The number of pyridine rings is 1. The maximum atomic E-state index is 6.31. The molecule has 0 spiro atoms. The molecule has 0 fully saturated rings. The van der Waals surface area contributed by atoms with Gasteiger partial charge in [-0.05, 0) is 24.5 Å². The number of rotatable bonds is 3. The van der Waals surface area contributed by atoms with Crippen molar-refractivity contribution in [3.63, 3.8) is 0 Å². The Balaban J connectivity index is 2.17. The largest absolute Gasteiger partial charge is 0.248 e. The minimum absolute atomic E-state index is 0.724. The van der Waals surface area contributed by atoms with E-state index in [1.165, 1.54) is 4.90 Å². The molecule has 0 bridgehead atoms. The van der Waals surface area contributed by atoms with Crippen LogP contribution in [0, 0.1) is 0 Å². The second-order valence-electron chi connectivity index (χ2n) is 4.62. The van der Waals surface area contributed by atoms with E-state index in [2.05, 4.69) is 30.5 Å². The Labute approximate surface area is 134 Å². The highest BCUT2D eigenvalue weighted by Crippen LogP contribution is 2.31. The van der Waals surface area contributed by atoms with Gasteiger partial charge in [0.2, 0.25) is 0 Å². The molecule has 0 aliphatic carbocycles. The van der Waals surface area contributed by atoms with Gasteiger partial charge in [0, 0.05) is 21.0 Å². The maximum absolute atomic E-state index is 6.31. The topological polar surface area (TPSA) is 12.9 Å². The van der Waals surface area contributed by atoms with Crippen molar-refractivity contribution in [3.05, 3.63) is 71.8 Å². The first-order valence-electron chi connectivity index (χ1n) is 6.64. The summed E-state index contributed by atoms with van der Waals surface area (Å²) in [6.45, 7) is 0. The van der Waals surface area contributed by atoms with Crippen molar-refractivity contribution in [2.45, 2.75) is 4.90 Å². The predicted octanol–water partition coefficient (Wildman–Crippen LogP) is 5.79. The van der Waals surface area contributed by atoms with Gasteiger partial charge in [-0.15, -0.1) is 11.8 Å². The third-order valence-corrected chi connectivity index (χ3v) is 4.29. The van der Waals surface area contributed by atoms with Crippen LogP contribution in [0.5, 0.6) is 0 Å². The number of benzene rings is 2. The zero-order valence-corrected chi connectivity index (χ0v) is 13.2. The van der Waals surface area contributed by atoms with E-state index in [1.54, 1.807) is 11.8 Å². The average molecular weight is 312 g/mol. The number of hydrogen-bond acceptors (Lipinski definition) is 2. The van der Waals surface area contributed by atoms with Crippen molar-refractivity contribution >= 4 is 23.4 Å². The van der Waals surface area contributed by atoms with Crippen LogP contribution in [0.15, 0.2) is 71.6 Å². The van der Waals surface area contributed by atoms with Crippen molar-refractivity contribution in [1.82, 2.24) is 4.98 Å². The van der Waals surface area contributed by atoms with Crippen LogP contribution >= 0.6 is 23.4 Å². The highest BCUT2D eigenvalue weighted by atomic mass is 35.5. The number of hydrogen-bond donors (Lipinski definition) is 0. The Morgan fingerprint density at radius 2 is 1.52 bits per heavy atom. The molecule has 0 atom stereocenters. The normalized spacial score (nSPS) is 10.6. The summed E-state index contributed by atoms with van der Waals surface area (Å²) in [5.74, 6) is 0. The molecule has 2 aromatic carbocycles. The minimum atomic E-state index is 0.724. The van der Waals surface area contributed by atoms with E-state index < -0.39 is 0 Å². The van der Waals surface area contributed by atoms with Crippen LogP contribution in [-0.2, 0) is 0 Å². The number of halogens is 1. The molecule has 0 saturated carbocycles. The van der Waals surface area contributed by atoms with Crippen molar-refractivity contribution in [2.75, 3.05) is 6.26 Å². The Morgan fingerprint density at radius 3 is 2.24 bits per heavy atom. The molecule has 3 aromatic rings. The van der Waals surface area contributed by atoms with Crippen molar-refractivity contribution in [1.29, 1.82) is 0 Å². The van der Waals surface area contributed by atoms with E-state index in [0.717, 1.165) is 27.5 Å². The molecule has 3 rings (SSSR count). The molecule has 21 heavy (non-hydrogen) atoms. The Hall–Kier alpha value is -1.77. The van der Waals surface area contributed by atoms with Gasteiger partial charge in [0.15, 0.2) is 0 Å². The molecule has 0 amide bonds. The summed E-state index contributed by atoms with van der Waals surface area (Å²) in [5.41, 5.74) is 3.96. The summed E-state index contributed by atoms with van der Waals surface area (Å²) in [6, 6.07) is 22.2. The van der Waals surface area contributed by atoms with Gasteiger partial charge in [0.25, 0.3) is 0 Å². The fraction of sp³-hybridized carbons (Fsp3) is 0.0556. The standard InChI is InChI=1S/C18H14ClNS/c1-21-14-11-17(13-7-3-2-4-8-13)20-18(12-14)15-9-5-6-10-16(15)19/h2-12H,1H3. The van der Waals surface area contributed by atoms with E-state index in [9.17, 15) is 0 Å². The van der Waals surface area contributed by atoms with Crippen molar-refractivity contribution in [3.8, 4) is 22.5 Å². The molecule has 0 aliphatic heterocycles. The van der Waals surface area contributed by atoms with Gasteiger partial charge < -0.3 is 0 Å². The summed E-state index contributed by atoms with van der Waals surface area (Å²) in [5, 5.41) is 0.724. The van der Waals surface area contributed by atoms with E-state index in [1.807, 2.05) is 42.5 Å². The Bertz CT molecular complexity index is 756. The first-order valence-corrected chi connectivity index (χ1v) is 8.24. The summed E-state index contributed by atoms with van der Waals surface area (Å²) in [6.07, 6.45) is 2.07. The van der Waals surface area contributed by atoms with Crippen LogP contribution < -0.4 is 0 Å². The van der Waals surface area contributed by atoms with Gasteiger partial charge in [0.1, 0.15) is 0 Å². The summed E-state index contributed by atoms with van der Waals surface area (Å²) < 4.78 is 0. The van der Waals surface area contributed by atoms with Gasteiger partial charge in [-0.3, -0.25) is 0 Å². The van der Waals surface area contributed by atoms with Crippen LogP contribution in [0.2, 0.25) is 5.02 Å². The lowest BCUT2D eigenvalue weighted by atomic mass is 10.1. The summed E-state index contributed by atoms with van der Waals surface area (Å²) in [7, 11) is 0. The second-order valence-corrected chi connectivity index (χ2v) is 5.91. The molecule has 0 radical (unpaired) electrons. The molecule has 0 aliphatic rings. The Kier molecular flexibility index (Phi) is 4.28. The van der Waals surface area contributed by atoms with Gasteiger partial charge in [-0.25, -0.2) is 4.98 Å². The maximum Gasteiger partial charge on any atom is 0.0735 e.